The maximum Gasteiger partial charge on any atom is 0.315 e. The van der Waals surface area contributed by atoms with Crippen LogP contribution in [-0.2, 0) is 11.2 Å². The molecule has 0 aliphatic carbocycles. The first kappa shape index (κ1) is 12.4. The summed E-state index contributed by atoms with van der Waals surface area (Å²) in [6, 6.07) is 0.251. The smallest absolute Gasteiger partial charge is 0.315 e. The van der Waals surface area contributed by atoms with E-state index < -0.39 is 0 Å². The summed E-state index contributed by atoms with van der Waals surface area (Å²) >= 11 is 0. The van der Waals surface area contributed by atoms with Crippen LogP contribution in [0.2, 0.25) is 0 Å². The average molecular weight is 227 g/mol. The second-order valence-electron chi connectivity index (χ2n) is 3.30. The summed E-state index contributed by atoms with van der Waals surface area (Å²) in [5.74, 6) is 0.447. The summed E-state index contributed by atoms with van der Waals surface area (Å²) < 4.78 is 5.20. The summed E-state index contributed by atoms with van der Waals surface area (Å²) in [7, 11) is 1.73. The van der Waals surface area contributed by atoms with Crippen molar-refractivity contribution in [3.05, 3.63) is 5.89 Å². The average Bonchev–Trinajstić information content (AvgIpc) is 2.73. The molecule has 0 fully saturated rings. The van der Waals surface area contributed by atoms with Crippen molar-refractivity contribution in [2.45, 2.75) is 13.3 Å². The number of hydrogen-bond donors (Lipinski definition) is 2. The molecule has 0 spiro atoms. The fourth-order valence-corrected chi connectivity index (χ4v) is 1.01. The molecule has 16 heavy (non-hydrogen) atoms. The van der Waals surface area contributed by atoms with Crippen molar-refractivity contribution in [3.63, 3.8) is 0 Å². The molecule has 90 valence electrons. The minimum absolute atomic E-state index is 0.0268. The molecule has 0 saturated heterocycles. The fourth-order valence-electron chi connectivity index (χ4n) is 1.01. The highest BCUT2D eigenvalue weighted by atomic mass is 16.4. The Morgan fingerprint density at radius 1 is 1.56 bits per heavy atom. The maximum atomic E-state index is 11.4. The molecule has 0 saturated carbocycles. The van der Waals surface area contributed by atoms with Gasteiger partial charge >= 0.3 is 6.01 Å². The zero-order valence-electron chi connectivity index (χ0n) is 9.56. The number of amides is 1. The molecule has 7 nitrogen and oxygen atoms in total. The monoisotopic (exact) mass is 227 g/mol. The van der Waals surface area contributed by atoms with Gasteiger partial charge in [0.25, 0.3) is 0 Å². The molecule has 7 heteroatoms. The summed E-state index contributed by atoms with van der Waals surface area (Å²) in [5, 5.41) is 10.3. The molecule has 1 amide bonds. The van der Waals surface area contributed by atoms with Crippen molar-refractivity contribution in [2.75, 3.05) is 32.0 Å². The lowest BCUT2D eigenvalue weighted by atomic mass is 10.4. The van der Waals surface area contributed by atoms with Gasteiger partial charge < -0.3 is 20.4 Å². The zero-order valence-corrected chi connectivity index (χ0v) is 9.56. The maximum absolute atomic E-state index is 11.4. The molecule has 0 unspecified atom stereocenters. The molecule has 0 aliphatic heterocycles. The third-order valence-corrected chi connectivity index (χ3v) is 2.12. The van der Waals surface area contributed by atoms with Gasteiger partial charge in [-0.2, -0.15) is 0 Å². The van der Waals surface area contributed by atoms with Gasteiger partial charge in [0.05, 0.1) is 6.54 Å². The Bertz CT molecular complexity index is 338. The molecule has 3 N–H and O–H groups in total. The Kier molecular flexibility index (Phi) is 4.71. The lowest BCUT2D eigenvalue weighted by molar-refractivity contribution is -0.127. The van der Waals surface area contributed by atoms with Crippen LogP contribution in [0.5, 0.6) is 0 Å². The van der Waals surface area contributed by atoms with Crippen molar-refractivity contribution in [2.24, 2.45) is 5.73 Å². The van der Waals surface area contributed by atoms with E-state index in [-0.39, 0.29) is 18.5 Å². The predicted octanol–water partition coefficient (Wildman–Crippen LogP) is -0.539. The minimum Gasteiger partial charge on any atom is -0.408 e. The van der Waals surface area contributed by atoms with Crippen LogP contribution in [0.3, 0.4) is 0 Å². The highest BCUT2D eigenvalue weighted by Crippen LogP contribution is 2.04. The molecule has 0 bridgehead atoms. The van der Waals surface area contributed by atoms with Crippen LogP contribution >= 0.6 is 0 Å². The first-order valence-electron chi connectivity index (χ1n) is 5.17. The van der Waals surface area contributed by atoms with Crippen molar-refractivity contribution < 1.29 is 9.21 Å². The molecule has 0 aliphatic rings. The molecule has 0 radical (unpaired) electrons. The van der Waals surface area contributed by atoms with E-state index in [2.05, 4.69) is 15.5 Å². The quantitative estimate of drug-likeness (QED) is 0.677. The molecular formula is C9H17N5O2. The predicted molar refractivity (Wildman–Crippen MR) is 58.9 cm³/mol. The minimum atomic E-state index is -0.0268. The van der Waals surface area contributed by atoms with E-state index >= 15 is 0 Å². The van der Waals surface area contributed by atoms with Gasteiger partial charge in [-0.25, -0.2) is 0 Å². The van der Waals surface area contributed by atoms with Crippen molar-refractivity contribution in [3.8, 4) is 0 Å². The molecular weight excluding hydrogens is 210 g/mol. The Hall–Kier alpha value is -1.63. The molecule has 0 atom stereocenters. The van der Waals surface area contributed by atoms with Crippen molar-refractivity contribution in [1.29, 1.82) is 0 Å². The Labute approximate surface area is 94.0 Å². The standard InChI is InChI=1S/C9H17N5O2/c1-3-14(2)8(15)6-11-9-13-12-7(16-9)4-5-10/h3-6,10H2,1-2H3,(H,11,13). The number of carbonyl (C=O) groups is 1. The molecule has 1 heterocycles. The van der Waals surface area contributed by atoms with Gasteiger partial charge in [0.15, 0.2) is 0 Å². The number of anilines is 1. The van der Waals surface area contributed by atoms with Gasteiger partial charge in [0, 0.05) is 26.6 Å². The van der Waals surface area contributed by atoms with Crippen LogP contribution in [0.25, 0.3) is 0 Å². The van der Waals surface area contributed by atoms with Crippen LogP contribution in [0.1, 0.15) is 12.8 Å². The first-order valence-corrected chi connectivity index (χ1v) is 5.17. The van der Waals surface area contributed by atoms with E-state index in [0.29, 0.717) is 25.4 Å². The van der Waals surface area contributed by atoms with E-state index in [9.17, 15) is 4.79 Å². The number of likely N-dealkylation sites (N-methyl/N-ethyl adjacent to an activating group) is 1. The highest BCUT2D eigenvalue weighted by Gasteiger charge is 2.09. The Morgan fingerprint density at radius 3 is 2.94 bits per heavy atom. The third kappa shape index (κ3) is 3.50. The van der Waals surface area contributed by atoms with Crippen LogP contribution in [-0.4, -0.2) is 47.7 Å². The van der Waals surface area contributed by atoms with Crippen molar-refractivity contribution >= 4 is 11.9 Å². The Morgan fingerprint density at radius 2 is 2.31 bits per heavy atom. The van der Waals surface area contributed by atoms with Gasteiger partial charge in [-0.15, -0.1) is 5.10 Å². The van der Waals surface area contributed by atoms with Crippen LogP contribution in [0.15, 0.2) is 4.42 Å². The van der Waals surface area contributed by atoms with Gasteiger partial charge in [0.1, 0.15) is 0 Å². The third-order valence-electron chi connectivity index (χ3n) is 2.12. The number of carbonyl (C=O) groups excluding carboxylic acids is 1. The second kappa shape index (κ2) is 6.06. The second-order valence-corrected chi connectivity index (χ2v) is 3.30. The number of hydrogen-bond acceptors (Lipinski definition) is 6. The first-order chi connectivity index (χ1) is 7.67. The van der Waals surface area contributed by atoms with Gasteiger partial charge in [-0.1, -0.05) is 5.10 Å². The van der Waals surface area contributed by atoms with Crippen molar-refractivity contribution in [1.82, 2.24) is 15.1 Å². The zero-order chi connectivity index (χ0) is 12.0. The van der Waals surface area contributed by atoms with Gasteiger partial charge in [-0.05, 0) is 6.92 Å². The summed E-state index contributed by atoms with van der Waals surface area (Å²) in [5.41, 5.74) is 5.34. The number of nitrogens with two attached hydrogens (primary N) is 1. The summed E-state index contributed by atoms with van der Waals surface area (Å²) in [4.78, 5) is 13.0. The van der Waals surface area contributed by atoms with E-state index in [1.165, 1.54) is 0 Å². The number of nitrogens with one attached hydrogen (secondary N) is 1. The van der Waals surface area contributed by atoms with E-state index in [1.807, 2.05) is 6.92 Å². The molecule has 1 aromatic rings. The van der Waals surface area contributed by atoms with E-state index in [0.717, 1.165) is 0 Å². The molecule has 1 rings (SSSR count). The van der Waals surface area contributed by atoms with Crippen LogP contribution in [0, 0.1) is 0 Å². The highest BCUT2D eigenvalue weighted by molar-refractivity contribution is 5.79. The Balaban J connectivity index is 2.39. The number of rotatable bonds is 6. The van der Waals surface area contributed by atoms with Crippen LogP contribution in [0.4, 0.5) is 6.01 Å². The van der Waals surface area contributed by atoms with Crippen LogP contribution < -0.4 is 11.1 Å². The van der Waals surface area contributed by atoms with E-state index in [1.54, 1.807) is 11.9 Å². The largest absolute Gasteiger partial charge is 0.408 e. The number of aromatic nitrogens is 2. The summed E-state index contributed by atoms with van der Waals surface area (Å²) in [6.07, 6.45) is 0.539. The lowest BCUT2D eigenvalue weighted by Crippen LogP contribution is -2.31. The van der Waals surface area contributed by atoms with Gasteiger partial charge in [0.2, 0.25) is 11.8 Å². The SMILES string of the molecule is CCN(C)C(=O)CNc1nnc(CCN)o1. The van der Waals surface area contributed by atoms with E-state index in [4.69, 9.17) is 10.2 Å². The lowest BCUT2D eigenvalue weighted by Gasteiger charge is -2.13. The summed E-state index contributed by atoms with van der Waals surface area (Å²) in [6.45, 7) is 3.18. The normalized spacial score (nSPS) is 10.2. The molecule has 1 aromatic heterocycles. The van der Waals surface area contributed by atoms with Gasteiger partial charge in [-0.3, -0.25) is 4.79 Å². The topological polar surface area (TPSA) is 97.3 Å². The number of nitrogens with zero attached hydrogens (tertiary/aromatic N) is 3. The molecule has 0 aromatic carbocycles. The fraction of sp³-hybridized carbons (Fsp3) is 0.667.